The average Bonchev–Trinajstić information content (AvgIpc) is 2.25. The van der Waals surface area contributed by atoms with Gasteiger partial charge in [-0.15, -0.1) is 0 Å². The molecule has 2 aromatic carbocycles. The smallest absolute Gasteiger partial charge is 0.165 e. The van der Waals surface area contributed by atoms with Crippen molar-refractivity contribution in [2.24, 2.45) is 0 Å². The maximum absolute atomic E-state index is 13.6. The van der Waals surface area contributed by atoms with Gasteiger partial charge >= 0.3 is 0 Å². The molecule has 2 nitrogen and oxygen atoms in total. The van der Waals surface area contributed by atoms with E-state index in [9.17, 15) is 4.39 Å². The number of nitrogens with two attached hydrogens (primary N) is 1. The van der Waals surface area contributed by atoms with Gasteiger partial charge in [-0.05, 0) is 30.3 Å². The SMILES string of the molecule is Nc1cccc(Nc2cccc(Cl)c2F)c1. The molecular formula is C12H10ClFN2. The molecule has 0 heterocycles. The molecule has 0 aliphatic carbocycles. The minimum Gasteiger partial charge on any atom is -0.399 e. The molecule has 3 N–H and O–H groups in total. The van der Waals surface area contributed by atoms with Crippen molar-refractivity contribution in [1.29, 1.82) is 0 Å². The van der Waals surface area contributed by atoms with Crippen molar-refractivity contribution in [2.75, 3.05) is 11.1 Å². The highest BCUT2D eigenvalue weighted by Gasteiger charge is 2.05. The van der Waals surface area contributed by atoms with E-state index < -0.39 is 5.82 Å². The number of rotatable bonds is 2. The Labute approximate surface area is 97.8 Å². The maximum atomic E-state index is 13.6. The first kappa shape index (κ1) is 10.8. The van der Waals surface area contributed by atoms with Crippen LogP contribution < -0.4 is 11.1 Å². The second-order valence-electron chi connectivity index (χ2n) is 3.35. The number of anilines is 3. The van der Waals surface area contributed by atoms with E-state index in [1.807, 2.05) is 0 Å². The summed E-state index contributed by atoms with van der Waals surface area (Å²) in [6.45, 7) is 0. The lowest BCUT2D eigenvalue weighted by Crippen LogP contribution is -1.95. The summed E-state index contributed by atoms with van der Waals surface area (Å²) < 4.78 is 13.6. The molecule has 0 aliphatic rings. The second-order valence-corrected chi connectivity index (χ2v) is 3.76. The van der Waals surface area contributed by atoms with Crippen LogP contribution in [0.2, 0.25) is 5.02 Å². The van der Waals surface area contributed by atoms with Crippen LogP contribution in [0.25, 0.3) is 0 Å². The molecule has 0 spiro atoms. The highest BCUT2D eigenvalue weighted by atomic mass is 35.5. The number of halogens is 2. The van der Waals surface area contributed by atoms with Crippen LogP contribution in [-0.4, -0.2) is 0 Å². The first-order valence-electron chi connectivity index (χ1n) is 4.73. The summed E-state index contributed by atoms with van der Waals surface area (Å²) in [5.41, 5.74) is 7.29. The molecule has 0 saturated carbocycles. The van der Waals surface area contributed by atoms with Crippen LogP contribution in [0.5, 0.6) is 0 Å². The molecule has 2 rings (SSSR count). The molecule has 0 aliphatic heterocycles. The minimum absolute atomic E-state index is 0.0916. The van der Waals surface area contributed by atoms with E-state index in [1.165, 1.54) is 6.07 Å². The lowest BCUT2D eigenvalue weighted by Gasteiger charge is -2.08. The molecule has 0 radical (unpaired) electrons. The van der Waals surface area contributed by atoms with Gasteiger partial charge in [0.15, 0.2) is 5.82 Å². The molecule has 0 amide bonds. The molecule has 4 heteroatoms. The predicted octanol–water partition coefficient (Wildman–Crippen LogP) is 3.80. The molecule has 2 aromatic rings. The third kappa shape index (κ3) is 2.25. The average molecular weight is 237 g/mol. The summed E-state index contributed by atoms with van der Waals surface area (Å²) in [7, 11) is 0. The zero-order valence-corrected chi connectivity index (χ0v) is 9.13. The normalized spacial score (nSPS) is 10.1. The zero-order chi connectivity index (χ0) is 11.5. The van der Waals surface area contributed by atoms with Crippen LogP contribution in [0, 0.1) is 5.82 Å². The van der Waals surface area contributed by atoms with Gasteiger partial charge in [-0.2, -0.15) is 0 Å². The standard InChI is InChI=1S/C12H10ClFN2/c13-10-5-2-6-11(12(10)14)16-9-4-1-3-8(15)7-9/h1-7,16H,15H2. The predicted molar refractivity (Wildman–Crippen MR) is 65.5 cm³/mol. The van der Waals surface area contributed by atoms with Crippen molar-refractivity contribution in [3.63, 3.8) is 0 Å². The summed E-state index contributed by atoms with van der Waals surface area (Å²) in [5, 5.41) is 3.01. The Bertz CT molecular complexity index is 514. The molecule has 82 valence electrons. The van der Waals surface area contributed by atoms with Gasteiger partial charge in [0.2, 0.25) is 0 Å². The molecule has 0 unspecified atom stereocenters. The third-order valence-electron chi connectivity index (χ3n) is 2.12. The Kier molecular flexibility index (Phi) is 2.97. The second kappa shape index (κ2) is 4.41. The molecule has 0 aromatic heterocycles. The van der Waals surface area contributed by atoms with Gasteiger partial charge in [0.05, 0.1) is 10.7 Å². The first-order valence-corrected chi connectivity index (χ1v) is 5.11. The van der Waals surface area contributed by atoms with Crippen molar-refractivity contribution in [2.45, 2.75) is 0 Å². The fourth-order valence-electron chi connectivity index (χ4n) is 1.37. The molecule has 0 bridgehead atoms. The fraction of sp³-hybridized carbons (Fsp3) is 0. The molecular weight excluding hydrogens is 227 g/mol. The van der Waals surface area contributed by atoms with Gasteiger partial charge in [0.1, 0.15) is 0 Å². The van der Waals surface area contributed by atoms with E-state index >= 15 is 0 Å². The number of nitrogen functional groups attached to an aromatic ring is 1. The Morgan fingerprint density at radius 1 is 1.12 bits per heavy atom. The number of hydrogen-bond acceptors (Lipinski definition) is 2. The summed E-state index contributed by atoms with van der Waals surface area (Å²) in [5.74, 6) is -0.466. The lowest BCUT2D eigenvalue weighted by molar-refractivity contribution is 0.632. The van der Waals surface area contributed by atoms with E-state index in [0.717, 1.165) is 5.69 Å². The van der Waals surface area contributed by atoms with Crippen molar-refractivity contribution < 1.29 is 4.39 Å². The van der Waals surface area contributed by atoms with Gasteiger partial charge in [0, 0.05) is 11.4 Å². The maximum Gasteiger partial charge on any atom is 0.165 e. The lowest BCUT2D eigenvalue weighted by atomic mass is 10.2. The van der Waals surface area contributed by atoms with Crippen LogP contribution in [0.15, 0.2) is 42.5 Å². The molecule has 0 saturated heterocycles. The highest BCUT2D eigenvalue weighted by molar-refractivity contribution is 6.31. The number of benzene rings is 2. The summed E-state index contributed by atoms with van der Waals surface area (Å²) in [6.07, 6.45) is 0. The van der Waals surface area contributed by atoms with Crippen LogP contribution in [-0.2, 0) is 0 Å². The third-order valence-corrected chi connectivity index (χ3v) is 2.41. The Morgan fingerprint density at radius 2 is 1.88 bits per heavy atom. The molecule has 0 fully saturated rings. The summed E-state index contributed by atoms with van der Waals surface area (Å²) >= 11 is 5.67. The van der Waals surface area contributed by atoms with E-state index in [2.05, 4.69) is 5.32 Å². The van der Waals surface area contributed by atoms with Gasteiger partial charge in [-0.1, -0.05) is 23.7 Å². The highest BCUT2D eigenvalue weighted by Crippen LogP contribution is 2.25. The Hall–Kier alpha value is -1.74. The summed E-state index contributed by atoms with van der Waals surface area (Å²) in [6, 6.07) is 11.9. The molecule has 0 atom stereocenters. The molecule has 16 heavy (non-hydrogen) atoms. The van der Waals surface area contributed by atoms with Crippen molar-refractivity contribution in [3.05, 3.63) is 53.3 Å². The summed E-state index contributed by atoms with van der Waals surface area (Å²) in [4.78, 5) is 0. The minimum atomic E-state index is -0.466. The topological polar surface area (TPSA) is 38.0 Å². The van der Waals surface area contributed by atoms with Crippen LogP contribution in [0.3, 0.4) is 0 Å². The van der Waals surface area contributed by atoms with Crippen LogP contribution >= 0.6 is 11.6 Å². The van der Waals surface area contributed by atoms with Crippen molar-refractivity contribution >= 4 is 28.7 Å². The Morgan fingerprint density at radius 3 is 2.62 bits per heavy atom. The van der Waals surface area contributed by atoms with E-state index in [0.29, 0.717) is 11.4 Å². The van der Waals surface area contributed by atoms with E-state index in [1.54, 1.807) is 36.4 Å². The van der Waals surface area contributed by atoms with Gasteiger partial charge in [-0.3, -0.25) is 0 Å². The number of hydrogen-bond donors (Lipinski definition) is 2. The fourth-order valence-corrected chi connectivity index (χ4v) is 1.55. The van der Waals surface area contributed by atoms with Crippen molar-refractivity contribution in [3.8, 4) is 0 Å². The zero-order valence-electron chi connectivity index (χ0n) is 8.37. The number of nitrogens with one attached hydrogen (secondary N) is 1. The largest absolute Gasteiger partial charge is 0.399 e. The Balaban J connectivity index is 2.31. The first-order chi connectivity index (χ1) is 7.66. The van der Waals surface area contributed by atoms with Crippen molar-refractivity contribution in [1.82, 2.24) is 0 Å². The van der Waals surface area contributed by atoms with E-state index in [-0.39, 0.29) is 5.02 Å². The van der Waals surface area contributed by atoms with Gasteiger partial charge in [0.25, 0.3) is 0 Å². The van der Waals surface area contributed by atoms with Gasteiger partial charge in [-0.25, -0.2) is 4.39 Å². The quantitative estimate of drug-likeness (QED) is 0.779. The van der Waals surface area contributed by atoms with Crippen LogP contribution in [0.4, 0.5) is 21.5 Å². The van der Waals surface area contributed by atoms with E-state index in [4.69, 9.17) is 17.3 Å². The monoisotopic (exact) mass is 236 g/mol. The van der Waals surface area contributed by atoms with Gasteiger partial charge < -0.3 is 11.1 Å². The van der Waals surface area contributed by atoms with Crippen LogP contribution in [0.1, 0.15) is 0 Å².